The van der Waals surface area contributed by atoms with E-state index in [0.29, 0.717) is 5.41 Å². The van der Waals surface area contributed by atoms with Crippen molar-refractivity contribution in [2.45, 2.75) is 91.4 Å². The Bertz CT molecular complexity index is 540. The summed E-state index contributed by atoms with van der Waals surface area (Å²) in [5.41, 5.74) is 3.20. The molecule has 5 fully saturated rings. The first kappa shape index (κ1) is 16.0. The van der Waals surface area contributed by atoms with Crippen LogP contribution in [0.2, 0.25) is 0 Å². The van der Waals surface area contributed by atoms with Crippen LogP contribution >= 0.6 is 0 Å². The Morgan fingerprint density at radius 1 is 0.875 bits per heavy atom. The van der Waals surface area contributed by atoms with Gasteiger partial charge in [0, 0.05) is 0 Å². The molecule has 7 unspecified atom stereocenters. The van der Waals surface area contributed by atoms with E-state index >= 15 is 0 Å². The van der Waals surface area contributed by atoms with E-state index in [4.69, 9.17) is 0 Å². The highest BCUT2D eigenvalue weighted by atomic mass is 14.7. The number of rotatable bonds is 1. The Morgan fingerprint density at radius 3 is 2.42 bits per heavy atom. The molecule has 0 bridgehead atoms. The van der Waals surface area contributed by atoms with Gasteiger partial charge < -0.3 is 0 Å². The molecule has 0 heteroatoms. The molecule has 0 aromatic rings. The summed E-state index contributed by atoms with van der Waals surface area (Å²) in [5, 5.41) is 0. The van der Waals surface area contributed by atoms with E-state index in [1.54, 1.807) is 44.9 Å². The van der Waals surface area contributed by atoms with Crippen LogP contribution in [0.15, 0.2) is 11.6 Å². The van der Waals surface area contributed by atoms with Gasteiger partial charge in [-0.3, -0.25) is 0 Å². The summed E-state index contributed by atoms with van der Waals surface area (Å²) in [7, 11) is 0. The molecule has 0 N–H and O–H groups in total. The predicted molar refractivity (Wildman–Crippen MR) is 102 cm³/mol. The maximum absolute atomic E-state index is 2.65. The Hall–Kier alpha value is -0.260. The van der Waals surface area contributed by atoms with Crippen molar-refractivity contribution in [3.8, 4) is 0 Å². The molecule has 0 saturated heterocycles. The molecule has 5 saturated carbocycles. The Balaban J connectivity index is 1.50. The predicted octanol–water partition coefficient (Wildman–Crippen LogP) is 7.00. The SMILES string of the molecule is C/C=C1/CCC2C3CCC4CC(C)CCC4(C4CC4)C3CCC12C. The minimum Gasteiger partial charge on any atom is -0.0879 e. The standard InChI is InChI=1S/C24H38/c1-4-17-8-10-21-20-9-7-19-15-16(2)11-14-24(19,18-5-6-18)22(20)12-13-23(17,21)3/h4,16,18-22H,5-15H2,1-3H3/b17-4-. The van der Waals surface area contributed by atoms with Crippen molar-refractivity contribution in [2.24, 2.45) is 46.3 Å². The van der Waals surface area contributed by atoms with Gasteiger partial charge in [0.05, 0.1) is 0 Å². The minimum absolute atomic E-state index is 0.579. The lowest BCUT2D eigenvalue weighted by atomic mass is 9.42. The second-order valence-electron chi connectivity index (χ2n) is 10.7. The molecule has 134 valence electrons. The van der Waals surface area contributed by atoms with Gasteiger partial charge in [0.1, 0.15) is 0 Å². The van der Waals surface area contributed by atoms with Gasteiger partial charge in [-0.05, 0) is 117 Å². The molecule has 0 spiro atoms. The van der Waals surface area contributed by atoms with Gasteiger partial charge >= 0.3 is 0 Å². The van der Waals surface area contributed by atoms with Crippen LogP contribution in [0.3, 0.4) is 0 Å². The van der Waals surface area contributed by atoms with Crippen molar-refractivity contribution in [2.75, 3.05) is 0 Å². The summed E-state index contributed by atoms with van der Waals surface area (Å²) >= 11 is 0. The van der Waals surface area contributed by atoms with E-state index in [0.717, 1.165) is 40.9 Å². The smallest absolute Gasteiger partial charge is 0.00853 e. The normalized spacial score (nSPS) is 55.8. The van der Waals surface area contributed by atoms with Gasteiger partial charge in [0.2, 0.25) is 0 Å². The van der Waals surface area contributed by atoms with Gasteiger partial charge in [-0.1, -0.05) is 31.9 Å². The minimum atomic E-state index is 0.579. The number of hydrogen-bond acceptors (Lipinski definition) is 0. The Kier molecular flexibility index (Phi) is 3.57. The lowest BCUT2D eigenvalue weighted by molar-refractivity contribution is -0.127. The van der Waals surface area contributed by atoms with E-state index in [-0.39, 0.29) is 0 Å². The Morgan fingerprint density at radius 2 is 1.67 bits per heavy atom. The van der Waals surface area contributed by atoms with Crippen LogP contribution in [0.25, 0.3) is 0 Å². The third kappa shape index (κ3) is 1.98. The van der Waals surface area contributed by atoms with E-state index in [1.165, 1.54) is 25.7 Å². The average molecular weight is 327 g/mol. The van der Waals surface area contributed by atoms with Crippen LogP contribution in [0.4, 0.5) is 0 Å². The first-order valence-electron chi connectivity index (χ1n) is 11.2. The van der Waals surface area contributed by atoms with Crippen LogP contribution in [0.1, 0.15) is 91.4 Å². The summed E-state index contributed by atoms with van der Waals surface area (Å²) in [6.45, 7) is 7.49. The molecular weight excluding hydrogens is 288 g/mol. The highest BCUT2D eigenvalue weighted by molar-refractivity contribution is 5.24. The topological polar surface area (TPSA) is 0 Å². The van der Waals surface area contributed by atoms with Crippen molar-refractivity contribution in [1.82, 2.24) is 0 Å². The lowest BCUT2D eigenvalue weighted by Crippen LogP contribution is -2.55. The van der Waals surface area contributed by atoms with Gasteiger partial charge in [-0.15, -0.1) is 0 Å². The zero-order valence-electron chi connectivity index (χ0n) is 16.3. The van der Waals surface area contributed by atoms with Gasteiger partial charge in [-0.2, -0.15) is 0 Å². The summed E-state index contributed by atoms with van der Waals surface area (Å²) in [6.07, 6.45) is 19.5. The third-order valence-corrected chi connectivity index (χ3v) is 10.0. The number of fused-ring (bicyclic) bond motifs is 5. The molecule has 0 nitrogen and oxygen atoms in total. The molecule has 5 aliphatic rings. The molecule has 7 atom stereocenters. The van der Waals surface area contributed by atoms with Crippen LogP contribution in [-0.2, 0) is 0 Å². The van der Waals surface area contributed by atoms with E-state index in [9.17, 15) is 0 Å². The molecule has 0 aromatic heterocycles. The van der Waals surface area contributed by atoms with Crippen LogP contribution in [-0.4, -0.2) is 0 Å². The van der Waals surface area contributed by atoms with Crippen LogP contribution < -0.4 is 0 Å². The van der Waals surface area contributed by atoms with E-state index in [2.05, 4.69) is 26.8 Å². The summed E-state index contributed by atoms with van der Waals surface area (Å²) < 4.78 is 0. The van der Waals surface area contributed by atoms with Gasteiger partial charge in [-0.25, -0.2) is 0 Å². The van der Waals surface area contributed by atoms with Gasteiger partial charge in [0.25, 0.3) is 0 Å². The molecule has 0 amide bonds. The lowest BCUT2D eigenvalue weighted by Gasteiger charge is -2.62. The van der Waals surface area contributed by atoms with Crippen molar-refractivity contribution in [3.05, 3.63) is 11.6 Å². The third-order valence-electron chi connectivity index (χ3n) is 10.0. The molecule has 24 heavy (non-hydrogen) atoms. The van der Waals surface area contributed by atoms with Crippen LogP contribution in [0.5, 0.6) is 0 Å². The number of allylic oxidation sites excluding steroid dienone is 2. The summed E-state index contributed by atoms with van der Waals surface area (Å²) in [6, 6.07) is 0. The van der Waals surface area contributed by atoms with Crippen molar-refractivity contribution >= 4 is 0 Å². The van der Waals surface area contributed by atoms with Crippen molar-refractivity contribution < 1.29 is 0 Å². The molecule has 0 radical (unpaired) electrons. The monoisotopic (exact) mass is 326 g/mol. The molecule has 0 aromatic carbocycles. The fourth-order valence-corrected chi connectivity index (χ4v) is 8.93. The molecule has 5 aliphatic carbocycles. The zero-order valence-corrected chi connectivity index (χ0v) is 16.3. The van der Waals surface area contributed by atoms with E-state index in [1.807, 2.05) is 5.57 Å². The highest BCUT2D eigenvalue weighted by Gasteiger charge is 2.63. The van der Waals surface area contributed by atoms with Crippen molar-refractivity contribution in [3.63, 3.8) is 0 Å². The molecule has 5 rings (SSSR count). The van der Waals surface area contributed by atoms with Crippen molar-refractivity contribution in [1.29, 1.82) is 0 Å². The Labute approximate surface area is 149 Å². The molecular formula is C24H38. The first-order chi connectivity index (χ1) is 11.6. The fraction of sp³-hybridized carbons (Fsp3) is 0.917. The van der Waals surface area contributed by atoms with E-state index < -0.39 is 0 Å². The summed E-state index contributed by atoms with van der Waals surface area (Å²) in [5.74, 6) is 6.44. The largest absolute Gasteiger partial charge is 0.0879 e. The van der Waals surface area contributed by atoms with Crippen LogP contribution in [0, 0.1) is 46.3 Å². The first-order valence-corrected chi connectivity index (χ1v) is 11.2. The van der Waals surface area contributed by atoms with Gasteiger partial charge in [0.15, 0.2) is 0 Å². The maximum Gasteiger partial charge on any atom is -0.00853 e. The summed E-state index contributed by atoms with van der Waals surface area (Å²) in [4.78, 5) is 0. The zero-order chi connectivity index (χ0) is 16.5. The maximum atomic E-state index is 2.65. The second-order valence-corrected chi connectivity index (χ2v) is 10.7. The molecule has 0 heterocycles. The highest BCUT2D eigenvalue weighted by Crippen LogP contribution is 2.72. The second kappa shape index (κ2) is 5.37. The quantitative estimate of drug-likeness (QED) is 0.455. The average Bonchev–Trinajstić information content (AvgIpc) is 3.36. The fourth-order valence-electron chi connectivity index (χ4n) is 8.93. The molecule has 0 aliphatic heterocycles. The number of hydrogen-bond donors (Lipinski definition) is 0.